The fourth-order valence-electron chi connectivity index (χ4n) is 8.78. The lowest BCUT2D eigenvalue weighted by Gasteiger charge is -2.58. The minimum atomic E-state index is -0.883. The van der Waals surface area contributed by atoms with Gasteiger partial charge in [0, 0.05) is 37.0 Å². The lowest BCUT2D eigenvalue weighted by Crippen LogP contribution is -2.54. The molecule has 1 N–H and O–H groups in total. The molecule has 6 rings (SSSR count). The van der Waals surface area contributed by atoms with Gasteiger partial charge in [-0.2, -0.15) is 0 Å². The summed E-state index contributed by atoms with van der Waals surface area (Å²) >= 11 is 0. The summed E-state index contributed by atoms with van der Waals surface area (Å²) < 4.78 is 0. The van der Waals surface area contributed by atoms with Crippen molar-refractivity contribution in [3.05, 3.63) is 41.5 Å². The van der Waals surface area contributed by atoms with Gasteiger partial charge >= 0.3 is 0 Å². The highest BCUT2D eigenvalue weighted by Crippen LogP contribution is 2.68. The number of ketones is 1. The molecular formula is C34H45NO2. The summed E-state index contributed by atoms with van der Waals surface area (Å²) in [6.07, 6.45) is 12.4. The zero-order valence-corrected chi connectivity index (χ0v) is 23.3. The van der Waals surface area contributed by atoms with Gasteiger partial charge in [-0.05, 0) is 124 Å². The van der Waals surface area contributed by atoms with E-state index in [9.17, 15) is 9.90 Å². The SMILES string of the molecule is CC(C)N(C)c1ccc([C@H]2C[C@@]3(C)[C@@H](CC[C@@]3(O)C#CCC3CC3)[C@@H]3CCC4=CC(=O)CC[C@@H]4[C@H]32)cc1. The number of rotatable bonds is 4. The Hall–Kier alpha value is -2.05. The highest BCUT2D eigenvalue weighted by Gasteiger charge is 2.64. The molecule has 0 radical (unpaired) electrons. The van der Waals surface area contributed by atoms with Crippen LogP contribution in [0, 0.1) is 46.8 Å². The molecule has 3 heteroatoms. The molecule has 0 unspecified atom stereocenters. The molecule has 0 aromatic heterocycles. The average molecular weight is 500 g/mol. The standard InChI is InChI=1S/C34H45NO2/c1-22(2)35(4)26-12-9-24(10-13-26)30-21-33(3)31(17-19-34(33,37)18-5-6-23-7-8-23)29-15-11-25-20-27(36)14-16-28(25)32(29)30/h9-10,12-13,20,22-23,28-32,37H,6-8,11,14-17,19,21H2,1-4H3/t28-,29-,30+,31-,32+,33-,34-/m0/s1. The summed E-state index contributed by atoms with van der Waals surface area (Å²) in [5, 5.41) is 12.1. The summed E-state index contributed by atoms with van der Waals surface area (Å²) in [6, 6.07) is 9.76. The number of carbonyl (C=O) groups excluding carboxylic acids is 1. The van der Waals surface area contributed by atoms with Crippen LogP contribution in [0.25, 0.3) is 0 Å². The van der Waals surface area contributed by atoms with Gasteiger partial charge in [-0.3, -0.25) is 4.79 Å². The Labute approximate surface area is 224 Å². The van der Waals surface area contributed by atoms with Gasteiger partial charge in [0.1, 0.15) is 5.60 Å². The summed E-state index contributed by atoms with van der Waals surface area (Å²) in [7, 11) is 2.16. The average Bonchev–Trinajstić information content (AvgIpc) is 3.67. The van der Waals surface area contributed by atoms with Gasteiger partial charge in [0.25, 0.3) is 0 Å². The number of fused-ring (bicyclic) bond motifs is 5. The number of anilines is 1. The second kappa shape index (κ2) is 9.30. The second-order valence-electron chi connectivity index (χ2n) is 13.6. The number of nitrogens with zero attached hydrogens (tertiary/aromatic N) is 1. The maximum Gasteiger partial charge on any atom is 0.155 e. The van der Waals surface area contributed by atoms with Crippen molar-refractivity contribution < 1.29 is 9.90 Å². The first kappa shape index (κ1) is 25.2. The van der Waals surface area contributed by atoms with Crippen molar-refractivity contribution in [1.29, 1.82) is 0 Å². The van der Waals surface area contributed by atoms with Gasteiger partial charge in [0.05, 0.1) is 0 Å². The molecule has 0 saturated heterocycles. The van der Waals surface area contributed by atoms with Crippen LogP contribution in [0.2, 0.25) is 0 Å². The van der Waals surface area contributed by atoms with Gasteiger partial charge in [-0.15, -0.1) is 0 Å². The number of allylic oxidation sites excluding steroid dienone is 1. The Balaban J connectivity index is 1.38. The van der Waals surface area contributed by atoms with E-state index in [4.69, 9.17) is 0 Å². The van der Waals surface area contributed by atoms with Crippen molar-refractivity contribution >= 4 is 11.5 Å². The normalized spacial score (nSPS) is 38.7. The number of benzene rings is 1. The van der Waals surface area contributed by atoms with Crippen molar-refractivity contribution in [2.75, 3.05) is 11.9 Å². The molecule has 37 heavy (non-hydrogen) atoms. The van der Waals surface area contributed by atoms with Gasteiger partial charge in [0.2, 0.25) is 0 Å². The van der Waals surface area contributed by atoms with Crippen LogP contribution in [0.4, 0.5) is 5.69 Å². The smallest absolute Gasteiger partial charge is 0.155 e. The van der Waals surface area contributed by atoms with Gasteiger partial charge in [-0.25, -0.2) is 0 Å². The van der Waals surface area contributed by atoms with Crippen molar-refractivity contribution in [2.24, 2.45) is 35.0 Å². The van der Waals surface area contributed by atoms with Crippen LogP contribution in [0.1, 0.15) is 96.5 Å². The topological polar surface area (TPSA) is 40.5 Å². The Morgan fingerprint density at radius 2 is 1.81 bits per heavy atom. The fraction of sp³-hybridized carbons (Fsp3) is 0.676. The van der Waals surface area contributed by atoms with Crippen LogP contribution in [0.3, 0.4) is 0 Å². The molecule has 7 atom stereocenters. The van der Waals surface area contributed by atoms with Crippen molar-refractivity contribution in [2.45, 2.75) is 103 Å². The van der Waals surface area contributed by atoms with Gasteiger partial charge in [-0.1, -0.05) is 36.5 Å². The fourth-order valence-corrected chi connectivity index (χ4v) is 8.78. The predicted octanol–water partition coefficient (Wildman–Crippen LogP) is 6.90. The zero-order valence-electron chi connectivity index (χ0n) is 23.3. The first-order chi connectivity index (χ1) is 17.7. The van der Waals surface area contributed by atoms with Crippen molar-refractivity contribution in [3.63, 3.8) is 0 Å². The highest BCUT2D eigenvalue weighted by atomic mass is 16.3. The lowest BCUT2D eigenvalue weighted by atomic mass is 9.46. The second-order valence-corrected chi connectivity index (χ2v) is 13.6. The number of aliphatic hydroxyl groups is 1. The third-order valence-corrected chi connectivity index (χ3v) is 11.3. The van der Waals surface area contributed by atoms with E-state index >= 15 is 0 Å². The highest BCUT2D eigenvalue weighted by molar-refractivity contribution is 5.91. The van der Waals surface area contributed by atoms with Gasteiger partial charge in [0.15, 0.2) is 5.78 Å². The molecule has 4 fully saturated rings. The van der Waals surface area contributed by atoms with Crippen LogP contribution in [0.5, 0.6) is 0 Å². The summed E-state index contributed by atoms with van der Waals surface area (Å²) in [6.45, 7) is 6.83. The molecule has 3 nitrogen and oxygen atoms in total. The molecule has 5 aliphatic carbocycles. The Bertz CT molecular complexity index is 1130. The molecule has 0 heterocycles. The quantitative estimate of drug-likeness (QED) is 0.458. The molecule has 198 valence electrons. The third-order valence-electron chi connectivity index (χ3n) is 11.3. The number of carbonyl (C=O) groups is 1. The number of hydrogen-bond acceptors (Lipinski definition) is 3. The van der Waals surface area contributed by atoms with E-state index in [0.717, 1.165) is 50.9 Å². The van der Waals surface area contributed by atoms with Crippen LogP contribution >= 0.6 is 0 Å². The monoisotopic (exact) mass is 499 g/mol. The minimum Gasteiger partial charge on any atom is -0.377 e. The van der Waals surface area contributed by atoms with E-state index in [1.54, 1.807) is 0 Å². The van der Waals surface area contributed by atoms with Crippen LogP contribution in [-0.2, 0) is 4.79 Å². The maximum atomic E-state index is 12.3. The van der Waals surface area contributed by atoms with E-state index in [1.165, 1.54) is 29.7 Å². The van der Waals surface area contributed by atoms with Crippen molar-refractivity contribution in [1.82, 2.24) is 0 Å². The molecule has 5 aliphatic rings. The molecule has 0 aliphatic heterocycles. The Kier molecular flexibility index (Phi) is 6.35. The zero-order chi connectivity index (χ0) is 25.9. The van der Waals surface area contributed by atoms with Crippen LogP contribution in [-0.4, -0.2) is 29.6 Å². The van der Waals surface area contributed by atoms with Crippen molar-refractivity contribution in [3.8, 4) is 11.8 Å². The van der Waals surface area contributed by atoms with Crippen LogP contribution in [0.15, 0.2) is 35.9 Å². The van der Waals surface area contributed by atoms with E-state index in [-0.39, 0.29) is 5.41 Å². The van der Waals surface area contributed by atoms with E-state index in [1.807, 2.05) is 6.08 Å². The molecule has 4 saturated carbocycles. The molecule has 0 spiro atoms. The van der Waals surface area contributed by atoms with E-state index < -0.39 is 5.60 Å². The molecule has 1 aromatic rings. The summed E-state index contributed by atoms with van der Waals surface area (Å²) in [5.41, 5.74) is 3.01. The van der Waals surface area contributed by atoms with E-state index in [2.05, 4.69) is 68.8 Å². The summed E-state index contributed by atoms with van der Waals surface area (Å²) in [5.74, 6) is 10.6. The van der Waals surface area contributed by atoms with Gasteiger partial charge < -0.3 is 10.0 Å². The Morgan fingerprint density at radius 1 is 1.05 bits per heavy atom. The van der Waals surface area contributed by atoms with Crippen LogP contribution < -0.4 is 4.90 Å². The maximum absolute atomic E-state index is 12.3. The Morgan fingerprint density at radius 3 is 2.51 bits per heavy atom. The summed E-state index contributed by atoms with van der Waals surface area (Å²) in [4.78, 5) is 14.7. The largest absolute Gasteiger partial charge is 0.377 e. The molecule has 1 aromatic carbocycles. The first-order valence-electron chi connectivity index (χ1n) is 15.0. The molecule has 0 bridgehead atoms. The lowest BCUT2D eigenvalue weighted by molar-refractivity contribution is -0.117. The first-order valence-corrected chi connectivity index (χ1v) is 15.0. The predicted molar refractivity (Wildman–Crippen MR) is 150 cm³/mol. The third kappa shape index (κ3) is 4.28. The molecule has 0 amide bonds. The number of hydrogen-bond donors (Lipinski definition) is 1. The molecular weight excluding hydrogens is 454 g/mol. The minimum absolute atomic E-state index is 0.186. The van der Waals surface area contributed by atoms with E-state index in [0.29, 0.717) is 47.8 Å².